The van der Waals surface area contributed by atoms with Crippen LogP contribution < -0.4 is 0 Å². The Hall–Kier alpha value is -1.57. The smallest absolute Gasteiger partial charge is 0.434 e. The van der Waals surface area contributed by atoms with Gasteiger partial charge < -0.3 is 9.64 Å². The van der Waals surface area contributed by atoms with E-state index in [4.69, 9.17) is 4.74 Å². The molecule has 1 aromatic heterocycles. The molecule has 0 spiro atoms. The number of piperidine rings is 1. The van der Waals surface area contributed by atoms with Crippen molar-refractivity contribution in [1.29, 1.82) is 0 Å². The van der Waals surface area contributed by atoms with Gasteiger partial charge in [0.1, 0.15) is 10.6 Å². The molecule has 0 N–H and O–H groups in total. The van der Waals surface area contributed by atoms with Crippen molar-refractivity contribution in [3.8, 4) is 0 Å². The summed E-state index contributed by atoms with van der Waals surface area (Å²) in [5.74, 6) is 1.12. The topological polar surface area (TPSA) is 42.4 Å². The molecule has 0 unspecified atom stereocenters. The molecule has 3 rings (SSSR count). The number of hydrogen-bond acceptors (Lipinski definition) is 4. The third-order valence-electron chi connectivity index (χ3n) is 4.35. The van der Waals surface area contributed by atoms with E-state index in [-0.39, 0.29) is 17.1 Å². The second-order valence-corrected chi connectivity index (χ2v) is 8.51. The van der Waals surface area contributed by atoms with E-state index in [1.165, 1.54) is 0 Å². The van der Waals surface area contributed by atoms with Gasteiger partial charge in [0.25, 0.3) is 0 Å². The number of thiazole rings is 1. The lowest BCUT2D eigenvalue weighted by Gasteiger charge is -2.35. The molecule has 0 bridgehead atoms. The first-order valence-corrected chi connectivity index (χ1v) is 9.11. The molecule has 0 radical (unpaired) electrons. The van der Waals surface area contributed by atoms with Gasteiger partial charge in [-0.1, -0.05) is 6.08 Å². The van der Waals surface area contributed by atoms with Crippen LogP contribution in [0.3, 0.4) is 0 Å². The Bertz CT molecular complexity index is 678. The van der Waals surface area contributed by atoms with Gasteiger partial charge in [-0.05, 0) is 51.5 Å². The monoisotopic (exact) mass is 374 g/mol. The summed E-state index contributed by atoms with van der Waals surface area (Å²) in [7, 11) is 0. The van der Waals surface area contributed by atoms with Crippen molar-refractivity contribution in [2.45, 2.75) is 51.4 Å². The Balaban J connectivity index is 1.72. The highest BCUT2D eigenvalue weighted by Gasteiger charge is 2.47. The molecular formula is C17H21F3N2O2S. The standard InChI is InChI=1S/C17H21F3N2O2S/c1-16(2,3)24-15(23)22-8-11-6-10(11)7-12(22)4-5-14-21-13(9-25-14)17(18,19)20/h4-5,9-12H,6-8H2,1-3H3/b5-4+/t10-,11+,12-/m1/s1. The van der Waals surface area contributed by atoms with Gasteiger partial charge in [0, 0.05) is 11.9 Å². The quantitative estimate of drug-likeness (QED) is 0.745. The first-order valence-electron chi connectivity index (χ1n) is 8.23. The number of alkyl halides is 3. The predicted molar refractivity (Wildman–Crippen MR) is 89.1 cm³/mol. The Morgan fingerprint density at radius 1 is 1.32 bits per heavy atom. The molecule has 4 nitrogen and oxygen atoms in total. The maximum absolute atomic E-state index is 12.6. The summed E-state index contributed by atoms with van der Waals surface area (Å²) < 4.78 is 43.4. The van der Waals surface area contributed by atoms with E-state index < -0.39 is 17.5 Å². The lowest BCUT2D eigenvalue weighted by Crippen LogP contribution is -2.46. The number of aromatic nitrogens is 1. The number of carbonyl (C=O) groups is 1. The van der Waals surface area contributed by atoms with E-state index in [2.05, 4.69) is 4.98 Å². The van der Waals surface area contributed by atoms with Gasteiger partial charge in [-0.25, -0.2) is 9.78 Å². The number of halogens is 3. The maximum atomic E-state index is 12.6. The number of nitrogens with zero attached hydrogens (tertiary/aromatic N) is 2. The predicted octanol–water partition coefficient (Wildman–Crippen LogP) is 4.82. The van der Waals surface area contributed by atoms with Crippen molar-refractivity contribution in [2.75, 3.05) is 6.54 Å². The number of fused-ring (bicyclic) bond motifs is 1. The molecule has 1 amide bonds. The van der Waals surface area contributed by atoms with Crippen LogP contribution in [0.5, 0.6) is 0 Å². The van der Waals surface area contributed by atoms with E-state index >= 15 is 0 Å². The Kier molecular flexibility index (Phi) is 4.59. The van der Waals surface area contributed by atoms with Crippen molar-refractivity contribution < 1.29 is 22.7 Å². The number of hydrogen-bond donors (Lipinski definition) is 0. The van der Waals surface area contributed by atoms with Crippen molar-refractivity contribution >= 4 is 23.5 Å². The number of amides is 1. The molecule has 1 saturated heterocycles. The van der Waals surface area contributed by atoms with Crippen LogP contribution in [0, 0.1) is 11.8 Å². The number of carbonyl (C=O) groups excluding carboxylic acids is 1. The molecular weight excluding hydrogens is 353 g/mol. The molecule has 1 aliphatic heterocycles. The van der Waals surface area contributed by atoms with Crippen LogP contribution in [0.15, 0.2) is 11.5 Å². The average Bonchev–Trinajstić information content (AvgIpc) is 3.04. The summed E-state index contributed by atoms with van der Waals surface area (Å²) in [6, 6.07) is -0.170. The molecule has 138 valence electrons. The van der Waals surface area contributed by atoms with Gasteiger partial charge in [0.05, 0.1) is 6.04 Å². The third-order valence-corrected chi connectivity index (χ3v) is 5.16. The molecule has 1 aliphatic carbocycles. The summed E-state index contributed by atoms with van der Waals surface area (Å²) in [6.07, 6.45) is 0.457. The van der Waals surface area contributed by atoms with E-state index in [0.29, 0.717) is 18.4 Å². The van der Waals surface area contributed by atoms with Crippen LogP contribution in [0.2, 0.25) is 0 Å². The molecule has 2 heterocycles. The van der Waals surface area contributed by atoms with E-state index in [1.807, 2.05) is 20.8 Å². The SMILES string of the molecule is CC(C)(C)OC(=O)N1C[C@@H]2C[C@@H]2C[C@H]1/C=C/c1nc(C(F)(F)F)cs1. The molecule has 25 heavy (non-hydrogen) atoms. The Morgan fingerprint density at radius 2 is 2.04 bits per heavy atom. The van der Waals surface area contributed by atoms with Crippen LogP contribution in [0.4, 0.5) is 18.0 Å². The average molecular weight is 374 g/mol. The normalized spacial score (nSPS) is 26.6. The summed E-state index contributed by atoms with van der Waals surface area (Å²) in [4.78, 5) is 17.7. The van der Waals surface area contributed by atoms with Gasteiger partial charge in [0.2, 0.25) is 0 Å². The minimum atomic E-state index is -4.43. The second-order valence-electron chi connectivity index (χ2n) is 7.62. The lowest BCUT2D eigenvalue weighted by atomic mass is 10.0. The molecule has 0 aromatic carbocycles. The third kappa shape index (κ3) is 4.54. The second kappa shape index (κ2) is 6.30. The maximum Gasteiger partial charge on any atom is 0.434 e. The van der Waals surface area contributed by atoms with Crippen LogP contribution in [0.1, 0.15) is 44.3 Å². The minimum absolute atomic E-state index is 0.170. The highest BCUT2D eigenvalue weighted by molar-refractivity contribution is 7.10. The van der Waals surface area contributed by atoms with Crippen molar-refractivity contribution in [3.05, 3.63) is 22.2 Å². The number of likely N-dealkylation sites (tertiary alicyclic amines) is 1. The van der Waals surface area contributed by atoms with Crippen molar-refractivity contribution in [1.82, 2.24) is 9.88 Å². The highest BCUT2D eigenvalue weighted by atomic mass is 32.1. The highest BCUT2D eigenvalue weighted by Crippen LogP contribution is 2.47. The van der Waals surface area contributed by atoms with Gasteiger partial charge in [-0.3, -0.25) is 0 Å². The van der Waals surface area contributed by atoms with E-state index in [9.17, 15) is 18.0 Å². The van der Waals surface area contributed by atoms with Crippen LogP contribution in [-0.4, -0.2) is 34.2 Å². The molecule has 2 fully saturated rings. The molecule has 2 aliphatic rings. The van der Waals surface area contributed by atoms with Gasteiger partial charge >= 0.3 is 12.3 Å². The molecule has 8 heteroatoms. The minimum Gasteiger partial charge on any atom is -0.444 e. The summed E-state index contributed by atoms with van der Waals surface area (Å²) in [5, 5.41) is 1.29. The molecule has 3 atom stereocenters. The first-order chi connectivity index (χ1) is 11.5. The fourth-order valence-corrected chi connectivity index (χ4v) is 3.78. The fraction of sp³-hybridized carbons (Fsp3) is 0.647. The van der Waals surface area contributed by atoms with E-state index in [1.54, 1.807) is 17.1 Å². The van der Waals surface area contributed by atoms with Gasteiger partial charge in [0.15, 0.2) is 5.69 Å². The van der Waals surface area contributed by atoms with Gasteiger partial charge in [-0.15, -0.1) is 11.3 Å². The zero-order chi connectivity index (χ0) is 18.4. The summed E-state index contributed by atoms with van der Waals surface area (Å²) >= 11 is 0.943. The number of ether oxygens (including phenoxy) is 1. The fourth-order valence-electron chi connectivity index (χ4n) is 3.05. The zero-order valence-corrected chi connectivity index (χ0v) is 15.2. The Labute approximate surface area is 148 Å². The van der Waals surface area contributed by atoms with E-state index in [0.717, 1.165) is 29.6 Å². The zero-order valence-electron chi connectivity index (χ0n) is 14.3. The number of rotatable bonds is 2. The summed E-state index contributed by atoms with van der Waals surface area (Å²) in [6.45, 7) is 6.08. The molecule has 1 aromatic rings. The molecule has 1 saturated carbocycles. The van der Waals surface area contributed by atoms with Crippen LogP contribution in [0.25, 0.3) is 6.08 Å². The summed E-state index contributed by atoms with van der Waals surface area (Å²) in [5.41, 5.74) is -1.46. The Morgan fingerprint density at radius 3 is 2.64 bits per heavy atom. The van der Waals surface area contributed by atoms with Gasteiger partial charge in [-0.2, -0.15) is 13.2 Å². The van der Waals surface area contributed by atoms with Crippen LogP contribution in [-0.2, 0) is 10.9 Å². The first kappa shape index (κ1) is 18.2. The largest absolute Gasteiger partial charge is 0.444 e. The van der Waals surface area contributed by atoms with Crippen molar-refractivity contribution in [2.24, 2.45) is 11.8 Å². The van der Waals surface area contributed by atoms with Crippen LogP contribution >= 0.6 is 11.3 Å². The van der Waals surface area contributed by atoms with Crippen molar-refractivity contribution in [3.63, 3.8) is 0 Å². The lowest BCUT2D eigenvalue weighted by molar-refractivity contribution is -0.140.